The molecule has 0 radical (unpaired) electrons. The van der Waals surface area contributed by atoms with E-state index in [0.29, 0.717) is 0 Å². The van der Waals surface area contributed by atoms with Crippen molar-refractivity contribution in [1.82, 2.24) is 5.32 Å². The van der Waals surface area contributed by atoms with Crippen LogP contribution in [0.1, 0.15) is 53.4 Å². The van der Waals surface area contributed by atoms with E-state index < -0.39 is 0 Å². The summed E-state index contributed by atoms with van der Waals surface area (Å²) >= 11 is 0. The van der Waals surface area contributed by atoms with E-state index in [1.807, 2.05) is 7.11 Å². The molecule has 1 N–H and O–H groups in total. The lowest BCUT2D eigenvalue weighted by Gasteiger charge is -2.37. The Morgan fingerprint density at radius 1 is 1.18 bits per heavy atom. The molecule has 1 saturated carbocycles. The van der Waals surface area contributed by atoms with Crippen molar-refractivity contribution in [3.63, 3.8) is 0 Å². The molecular formula is C15H31NO. The average Bonchev–Trinajstić information content (AvgIpc) is 2.26. The van der Waals surface area contributed by atoms with E-state index in [-0.39, 0.29) is 5.54 Å². The first-order valence-electron chi connectivity index (χ1n) is 7.20. The third-order valence-corrected chi connectivity index (χ3v) is 4.10. The highest BCUT2D eigenvalue weighted by Crippen LogP contribution is 2.35. The highest BCUT2D eigenvalue weighted by Gasteiger charge is 2.30. The van der Waals surface area contributed by atoms with Crippen molar-refractivity contribution in [1.29, 1.82) is 0 Å². The Hall–Kier alpha value is -0.0800. The van der Waals surface area contributed by atoms with Gasteiger partial charge in [-0.25, -0.2) is 0 Å². The summed E-state index contributed by atoms with van der Waals surface area (Å²) in [6.45, 7) is 11.1. The van der Waals surface area contributed by atoms with E-state index in [2.05, 4.69) is 33.0 Å². The van der Waals surface area contributed by atoms with E-state index in [4.69, 9.17) is 4.74 Å². The Morgan fingerprint density at radius 3 is 2.41 bits per heavy atom. The summed E-state index contributed by atoms with van der Waals surface area (Å²) in [5.74, 6) is 2.49. The molecule has 1 aliphatic rings. The van der Waals surface area contributed by atoms with Crippen molar-refractivity contribution >= 4 is 0 Å². The van der Waals surface area contributed by atoms with E-state index in [9.17, 15) is 0 Å². The summed E-state index contributed by atoms with van der Waals surface area (Å²) in [4.78, 5) is 0. The molecule has 102 valence electrons. The van der Waals surface area contributed by atoms with Crippen molar-refractivity contribution in [2.24, 2.45) is 17.8 Å². The molecule has 0 aromatic heterocycles. The normalized spacial score (nSPS) is 30.5. The molecule has 0 heterocycles. The lowest BCUT2D eigenvalue weighted by Crippen LogP contribution is -2.43. The molecule has 3 unspecified atom stereocenters. The van der Waals surface area contributed by atoms with E-state index in [0.717, 1.165) is 30.9 Å². The first-order valence-corrected chi connectivity index (χ1v) is 7.20. The molecule has 1 rings (SSSR count). The van der Waals surface area contributed by atoms with Crippen molar-refractivity contribution in [3.05, 3.63) is 0 Å². The lowest BCUT2D eigenvalue weighted by atomic mass is 9.73. The van der Waals surface area contributed by atoms with Crippen LogP contribution in [0.3, 0.4) is 0 Å². The average molecular weight is 241 g/mol. The molecule has 2 heteroatoms. The Labute approximate surface area is 108 Å². The number of hydrogen-bond acceptors (Lipinski definition) is 2. The van der Waals surface area contributed by atoms with Gasteiger partial charge < -0.3 is 10.1 Å². The number of nitrogens with one attached hydrogen (secondary N) is 1. The molecular weight excluding hydrogens is 210 g/mol. The predicted molar refractivity (Wildman–Crippen MR) is 74.2 cm³/mol. The van der Waals surface area contributed by atoms with Crippen LogP contribution in [-0.4, -0.2) is 25.8 Å². The van der Waals surface area contributed by atoms with Gasteiger partial charge in [-0.1, -0.05) is 19.8 Å². The molecule has 17 heavy (non-hydrogen) atoms. The minimum atomic E-state index is 0.235. The lowest BCUT2D eigenvalue weighted by molar-refractivity contribution is 0.0698. The number of rotatable bonds is 5. The van der Waals surface area contributed by atoms with E-state index in [1.165, 1.54) is 25.7 Å². The first-order chi connectivity index (χ1) is 7.96. The van der Waals surface area contributed by atoms with Gasteiger partial charge in [0.15, 0.2) is 0 Å². The Morgan fingerprint density at radius 2 is 1.88 bits per heavy atom. The fourth-order valence-corrected chi connectivity index (χ4v) is 2.92. The smallest absolute Gasteiger partial charge is 0.0493 e. The Balaban J connectivity index is 2.45. The molecule has 1 fully saturated rings. The standard InChI is InChI=1S/C15H31NO/c1-6-12-7-8-13(10-16-15(2,3)4)14(9-12)11-17-5/h12-14,16H,6-11H2,1-5H3. The van der Waals surface area contributed by atoms with Crippen LogP contribution in [0, 0.1) is 17.8 Å². The summed E-state index contributed by atoms with van der Waals surface area (Å²) in [5, 5.41) is 3.66. The molecule has 1 aliphatic carbocycles. The SMILES string of the molecule is CCC1CCC(CNC(C)(C)C)C(COC)C1. The molecule has 2 nitrogen and oxygen atoms in total. The summed E-state index contributed by atoms with van der Waals surface area (Å²) in [6, 6.07) is 0. The van der Waals surface area contributed by atoms with E-state index >= 15 is 0 Å². The number of ether oxygens (including phenoxy) is 1. The maximum absolute atomic E-state index is 5.41. The maximum Gasteiger partial charge on any atom is 0.0493 e. The van der Waals surface area contributed by atoms with Crippen LogP contribution >= 0.6 is 0 Å². The second-order valence-electron chi connectivity index (χ2n) is 6.69. The Bertz CT molecular complexity index is 209. The zero-order valence-electron chi connectivity index (χ0n) is 12.4. The quantitative estimate of drug-likeness (QED) is 0.796. The Kier molecular flexibility index (Phi) is 5.94. The van der Waals surface area contributed by atoms with Gasteiger partial charge in [0.05, 0.1) is 0 Å². The third kappa shape index (κ3) is 5.39. The minimum Gasteiger partial charge on any atom is -0.384 e. The van der Waals surface area contributed by atoms with Crippen LogP contribution in [0.4, 0.5) is 0 Å². The molecule has 0 bridgehead atoms. The molecule has 0 saturated heterocycles. The molecule has 3 atom stereocenters. The minimum absolute atomic E-state index is 0.235. The van der Waals surface area contributed by atoms with Gasteiger partial charge >= 0.3 is 0 Å². The maximum atomic E-state index is 5.41. The zero-order chi connectivity index (χ0) is 12.9. The largest absolute Gasteiger partial charge is 0.384 e. The van der Waals surface area contributed by atoms with Gasteiger partial charge in [-0.15, -0.1) is 0 Å². The van der Waals surface area contributed by atoms with Crippen LogP contribution in [0.2, 0.25) is 0 Å². The fourth-order valence-electron chi connectivity index (χ4n) is 2.92. The van der Waals surface area contributed by atoms with Gasteiger partial charge in [-0.2, -0.15) is 0 Å². The highest BCUT2D eigenvalue weighted by atomic mass is 16.5. The van der Waals surface area contributed by atoms with Gasteiger partial charge in [0.2, 0.25) is 0 Å². The van der Waals surface area contributed by atoms with Gasteiger partial charge in [0.25, 0.3) is 0 Å². The van der Waals surface area contributed by atoms with Gasteiger partial charge in [0.1, 0.15) is 0 Å². The molecule has 0 aliphatic heterocycles. The molecule has 0 spiro atoms. The van der Waals surface area contributed by atoms with Gasteiger partial charge in [-0.3, -0.25) is 0 Å². The summed E-state index contributed by atoms with van der Waals surface area (Å²) < 4.78 is 5.41. The van der Waals surface area contributed by atoms with Crippen molar-refractivity contribution in [2.75, 3.05) is 20.3 Å². The van der Waals surface area contributed by atoms with Crippen LogP contribution in [0.25, 0.3) is 0 Å². The molecule has 0 aromatic carbocycles. The van der Waals surface area contributed by atoms with Gasteiger partial charge in [-0.05, 0) is 57.9 Å². The van der Waals surface area contributed by atoms with Crippen molar-refractivity contribution in [3.8, 4) is 0 Å². The first kappa shape index (κ1) is 15.0. The second-order valence-corrected chi connectivity index (χ2v) is 6.69. The van der Waals surface area contributed by atoms with Crippen molar-refractivity contribution in [2.45, 2.75) is 58.9 Å². The van der Waals surface area contributed by atoms with Crippen molar-refractivity contribution < 1.29 is 4.74 Å². The molecule has 0 amide bonds. The fraction of sp³-hybridized carbons (Fsp3) is 1.00. The topological polar surface area (TPSA) is 21.3 Å². The second kappa shape index (κ2) is 6.75. The summed E-state index contributed by atoms with van der Waals surface area (Å²) in [6.07, 6.45) is 5.48. The number of methoxy groups -OCH3 is 1. The van der Waals surface area contributed by atoms with Crippen LogP contribution in [0.5, 0.6) is 0 Å². The van der Waals surface area contributed by atoms with Crippen LogP contribution < -0.4 is 5.32 Å². The number of hydrogen-bond donors (Lipinski definition) is 1. The third-order valence-electron chi connectivity index (χ3n) is 4.10. The van der Waals surface area contributed by atoms with E-state index in [1.54, 1.807) is 0 Å². The highest BCUT2D eigenvalue weighted by molar-refractivity contribution is 4.83. The van der Waals surface area contributed by atoms with Crippen LogP contribution in [0.15, 0.2) is 0 Å². The van der Waals surface area contributed by atoms with Crippen LogP contribution in [-0.2, 0) is 4.74 Å². The zero-order valence-corrected chi connectivity index (χ0v) is 12.4. The monoisotopic (exact) mass is 241 g/mol. The summed E-state index contributed by atoms with van der Waals surface area (Å²) in [7, 11) is 1.84. The predicted octanol–water partition coefficient (Wildman–Crippen LogP) is 3.46. The molecule has 0 aromatic rings. The summed E-state index contributed by atoms with van der Waals surface area (Å²) in [5.41, 5.74) is 0.235. The van der Waals surface area contributed by atoms with Gasteiger partial charge in [0, 0.05) is 19.3 Å².